The minimum absolute atomic E-state index is 0.171. The SMILES string of the molecule is O=C(C[NH2+]Cc1ccccc1)Nc1ccc(Cl)cc1C(=O)c1ccccc1. The van der Waals surface area contributed by atoms with Crippen molar-refractivity contribution in [3.63, 3.8) is 0 Å². The Balaban J connectivity index is 1.67. The summed E-state index contributed by atoms with van der Waals surface area (Å²) in [5.74, 6) is -0.350. The van der Waals surface area contributed by atoms with Crippen LogP contribution in [-0.2, 0) is 11.3 Å². The van der Waals surface area contributed by atoms with Crippen molar-refractivity contribution in [3.05, 3.63) is 101 Å². The number of ketones is 1. The van der Waals surface area contributed by atoms with Crippen LogP contribution in [0.2, 0.25) is 5.02 Å². The zero-order chi connectivity index (χ0) is 19.1. The number of nitrogens with one attached hydrogen (secondary N) is 1. The lowest BCUT2D eigenvalue weighted by Gasteiger charge is -2.11. The van der Waals surface area contributed by atoms with E-state index in [1.807, 2.05) is 41.7 Å². The monoisotopic (exact) mass is 379 g/mol. The third-order valence-electron chi connectivity index (χ3n) is 4.09. The quantitative estimate of drug-likeness (QED) is 0.619. The van der Waals surface area contributed by atoms with Crippen molar-refractivity contribution in [1.82, 2.24) is 0 Å². The lowest BCUT2D eigenvalue weighted by atomic mass is 10.0. The molecule has 0 atom stereocenters. The van der Waals surface area contributed by atoms with Crippen LogP contribution < -0.4 is 10.6 Å². The maximum Gasteiger partial charge on any atom is 0.279 e. The molecule has 0 aliphatic rings. The lowest BCUT2D eigenvalue weighted by Crippen LogP contribution is -2.84. The summed E-state index contributed by atoms with van der Waals surface area (Å²) in [5.41, 5.74) is 2.54. The molecular weight excluding hydrogens is 360 g/mol. The molecule has 5 heteroatoms. The number of benzene rings is 3. The van der Waals surface area contributed by atoms with Crippen molar-refractivity contribution in [2.45, 2.75) is 6.54 Å². The van der Waals surface area contributed by atoms with E-state index in [0.717, 1.165) is 5.56 Å². The van der Waals surface area contributed by atoms with Crippen LogP contribution in [0.1, 0.15) is 21.5 Å². The van der Waals surface area contributed by atoms with Crippen molar-refractivity contribution >= 4 is 29.0 Å². The van der Waals surface area contributed by atoms with E-state index in [2.05, 4.69) is 5.32 Å². The first kappa shape index (κ1) is 18.8. The van der Waals surface area contributed by atoms with Gasteiger partial charge in [0, 0.05) is 21.7 Å². The Labute approximate surface area is 163 Å². The second-order valence-electron chi connectivity index (χ2n) is 6.12. The Bertz CT molecular complexity index is 928. The molecule has 0 spiro atoms. The number of rotatable bonds is 7. The number of hydrogen-bond donors (Lipinski definition) is 2. The van der Waals surface area contributed by atoms with Crippen LogP contribution >= 0.6 is 11.6 Å². The molecule has 0 heterocycles. The maximum atomic E-state index is 12.8. The fourth-order valence-electron chi connectivity index (χ4n) is 2.74. The fraction of sp³-hybridized carbons (Fsp3) is 0.0909. The highest BCUT2D eigenvalue weighted by Crippen LogP contribution is 2.23. The van der Waals surface area contributed by atoms with E-state index in [1.165, 1.54) is 0 Å². The van der Waals surface area contributed by atoms with Crippen molar-refractivity contribution in [2.24, 2.45) is 0 Å². The lowest BCUT2D eigenvalue weighted by molar-refractivity contribution is -0.659. The summed E-state index contributed by atoms with van der Waals surface area (Å²) in [4.78, 5) is 25.1. The molecule has 0 saturated heterocycles. The van der Waals surface area contributed by atoms with Gasteiger partial charge in [0.25, 0.3) is 5.91 Å². The zero-order valence-corrected chi connectivity index (χ0v) is 15.4. The summed E-state index contributed by atoms with van der Waals surface area (Å²) in [6.45, 7) is 0.973. The van der Waals surface area contributed by atoms with Crippen LogP contribution in [-0.4, -0.2) is 18.2 Å². The smallest absolute Gasteiger partial charge is 0.279 e. The minimum atomic E-state index is -0.179. The first-order valence-electron chi connectivity index (χ1n) is 8.68. The first-order chi connectivity index (χ1) is 13.1. The summed E-state index contributed by atoms with van der Waals surface area (Å²) in [7, 11) is 0. The van der Waals surface area contributed by atoms with E-state index < -0.39 is 0 Å². The average Bonchev–Trinajstić information content (AvgIpc) is 2.70. The summed E-state index contributed by atoms with van der Waals surface area (Å²) in [5, 5.41) is 5.19. The highest BCUT2D eigenvalue weighted by atomic mass is 35.5. The highest BCUT2D eigenvalue weighted by molar-refractivity contribution is 6.31. The number of hydrogen-bond acceptors (Lipinski definition) is 2. The van der Waals surface area contributed by atoms with Gasteiger partial charge < -0.3 is 10.6 Å². The maximum absolute atomic E-state index is 12.8. The molecule has 0 aliphatic heterocycles. The summed E-state index contributed by atoms with van der Waals surface area (Å²) in [6, 6.07) is 23.8. The average molecular weight is 380 g/mol. The molecule has 4 nitrogen and oxygen atoms in total. The van der Waals surface area contributed by atoms with Gasteiger partial charge in [0.15, 0.2) is 12.3 Å². The molecule has 3 rings (SSSR count). The fourth-order valence-corrected chi connectivity index (χ4v) is 2.92. The van der Waals surface area contributed by atoms with Gasteiger partial charge in [0.1, 0.15) is 6.54 Å². The second-order valence-corrected chi connectivity index (χ2v) is 6.55. The molecule has 0 bridgehead atoms. The Morgan fingerprint density at radius 1 is 0.889 bits per heavy atom. The van der Waals surface area contributed by atoms with Crippen LogP contribution in [0, 0.1) is 0 Å². The third kappa shape index (κ3) is 5.26. The predicted molar refractivity (Wildman–Crippen MR) is 107 cm³/mol. The molecule has 3 aromatic rings. The topological polar surface area (TPSA) is 62.8 Å². The molecule has 0 radical (unpaired) electrons. The minimum Gasteiger partial charge on any atom is -0.335 e. The van der Waals surface area contributed by atoms with Gasteiger partial charge in [-0.1, -0.05) is 72.3 Å². The Morgan fingerprint density at radius 3 is 2.26 bits per heavy atom. The van der Waals surface area contributed by atoms with Crippen LogP contribution in [0.5, 0.6) is 0 Å². The van der Waals surface area contributed by atoms with Crippen LogP contribution in [0.25, 0.3) is 0 Å². The van der Waals surface area contributed by atoms with E-state index >= 15 is 0 Å². The Kier molecular flexibility index (Phi) is 6.36. The number of carbonyl (C=O) groups excluding carboxylic acids is 2. The number of carbonyl (C=O) groups is 2. The first-order valence-corrected chi connectivity index (χ1v) is 9.06. The molecular formula is C22H20ClN2O2+. The van der Waals surface area contributed by atoms with Crippen LogP contribution in [0.4, 0.5) is 5.69 Å². The molecule has 27 heavy (non-hydrogen) atoms. The molecule has 3 aromatic carbocycles. The summed E-state index contributed by atoms with van der Waals surface area (Å²) in [6.07, 6.45) is 0. The van der Waals surface area contributed by atoms with E-state index in [0.29, 0.717) is 28.4 Å². The van der Waals surface area contributed by atoms with Gasteiger partial charge in [-0.2, -0.15) is 0 Å². The van der Waals surface area contributed by atoms with Crippen molar-refractivity contribution in [2.75, 3.05) is 11.9 Å². The predicted octanol–water partition coefficient (Wildman–Crippen LogP) is 3.27. The molecule has 136 valence electrons. The number of nitrogens with two attached hydrogens (primary N) is 1. The molecule has 0 fully saturated rings. The molecule has 3 N–H and O–H groups in total. The van der Waals surface area contributed by atoms with Gasteiger partial charge >= 0.3 is 0 Å². The van der Waals surface area contributed by atoms with Gasteiger partial charge in [-0.05, 0) is 18.2 Å². The van der Waals surface area contributed by atoms with Gasteiger partial charge in [-0.3, -0.25) is 9.59 Å². The number of amides is 1. The van der Waals surface area contributed by atoms with Crippen LogP contribution in [0.3, 0.4) is 0 Å². The third-order valence-corrected chi connectivity index (χ3v) is 4.32. The van der Waals surface area contributed by atoms with E-state index in [9.17, 15) is 9.59 Å². The van der Waals surface area contributed by atoms with Gasteiger partial charge in [-0.25, -0.2) is 0 Å². The van der Waals surface area contributed by atoms with Crippen molar-refractivity contribution in [1.29, 1.82) is 0 Å². The highest BCUT2D eigenvalue weighted by Gasteiger charge is 2.16. The van der Waals surface area contributed by atoms with Gasteiger partial charge in [0.05, 0.1) is 5.69 Å². The molecule has 1 amide bonds. The molecule has 0 unspecified atom stereocenters. The normalized spacial score (nSPS) is 10.4. The van der Waals surface area contributed by atoms with Gasteiger partial charge in [-0.15, -0.1) is 0 Å². The summed E-state index contributed by atoms with van der Waals surface area (Å²) < 4.78 is 0. The standard InChI is InChI=1S/C22H19ClN2O2/c23-18-11-12-20(19(13-18)22(27)17-9-5-2-6-10-17)25-21(26)15-24-14-16-7-3-1-4-8-16/h1-13,24H,14-15H2,(H,25,26)/p+1. The number of quaternary nitrogens is 1. The van der Waals surface area contributed by atoms with Crippen molar-refractivity contribution < 1.29 is 14.9 Å². The largest absolute Gasteiger partial charge is 0.335 e. The molecule has 0 aromatic heterocycles. The van der Waals surface area contributed by atoms with Gasteiger partial charge in [0.2, 0.25) is 0 Å². The van der Waals surface area contributed by atoms with Crippen LogP contribution in [0.15, 0.2) is 78.9 Å². The van der Waals surface area contributed by atoms with Crippen molar-refractivity contribution in [3.8, 4) is 0 Å². The molecule has 0 aliphatic carbocycles. The molecule has 0 saturated carbocycles. The Morgan fingerprint density at radius 2 is 1.56 bits per heavy atom. The zero-order valence-electron chi connectivity index (χ0n) is 14.7. The summed E-state index contributed by atoms with van der Waals surface area (Å²) >= 11 is 6.07. The van der Waals surface area contributed by atoms with E-state index in [1.54, 1.807) is 42.5 Å². The Hall–Kier alpha value is -2.95. The second kappa shape index (κ2) is 9.12. The van der Waals surface area contributed by atoms with E-state index in [-0.39, 0.29) is 18.2 Å². The number of anilines is 1. The van der Waals surface area contributed by atoms with E-state index in [4.69, 9.17) is 11.6 Å². The number of halogens is 1.